The molecule has 1 N–H and O–H groups in total. The maximum absolute atomic E-state index is 13.0. The number of rotatable bonds is 3. The van der Waals surface area contributed by atoms with Gasteiger partial charge in [-0.15, -0.1) is 0 Å². The van der Waals surface area contributed by atoms with Crippen LogP contribution in [-0.2, 0) is 16.0 Å². The van der Waals surface area contributed by atoms with Crippen LogP contribution in [-0.4, -0.2) is 40.5 Å². The SMILES string of the molecule is Cc1ccc2c(CC(=O)N3CCOC[C@@H]3c3ncc(C)[nH]3)coc2c1. The molecule has 0 bridgehead atoms. The summed E-state index contributed by atoms with van der Waals surface area (Å²) in [5.41, 5.74) is 3.86. The second-order valence-electron chi connectivity index (χ2n) is 6.57. The molecule has 2 aromatic heterocycles. The summed E-state index contributed by atoms with van der Waals surface area (Å²) in [6.07, 6.45) is 3.78. The first-order chi connectivity index (χ1) is 12.1. The zero-order valence-electron chi connectivity index (χ0n) is 14.4. The molecule has 1 fully saturated rings. The quantitative estimate of drug-likeness (QED) is 0.796. The molecule has 3 heterocycles. The van der Waals surface area contributed by atoms with E-state index in [1.54, 1.807) is 12.5 Å². The fourth-order valence-electron chi connectivity index (χ4n) is 3.32. The molecule has 3 aromatic rings. The molecule has 1 aliphatic rings. The van der Waals surface area contributed by atoms with Crippen LogP contribution in [0.15, 0.2) is 35.1 Å². The van der Waals surface area contributed by atoms with Crippen molar-refractivity contribution in [3.8, 4) is 0 Å². The lowest BCUT2D eigenvalue weighted by Gasteiger charge is -2.34. The summed E-state index contributed by atoms with van der Waals surface area (Å²) in [5, 5.41) is 0.998. The van der Waals surface area contributed by atoms with Crippen LogP contribution in [0.3, 0.4) is 0 Å². The van der Waals surface area contributed by atoms with Crippen LogP contribution in [0.1, 0.15) is 28.7 Å². The molecule has 1 aliphatic heterocycles. The summed E-state index contributed by atoms with van der Waals surface area (Å²) >= 11 is 0. The van der Waals surface area contributed by atoms with Crippen LogP contribution < -0.4 is 0 Å². The van der Waals surface area contributed by atoms with E-state index in [2.05, 4.69) is 9.97 Å². The number of carbonyl (C=O) groups is 1. The first-order valence-corrected chi connectivity index (χ1v) is 8.47. The molecular formula is C19H21N3O3. The number of H-pyrrole nitrogens is 1. The number of nitrogens with zero attached hydrogens (tertiary/aromatic N) is 2. The molecule has 6 heteroatoms. The first kappa shape index (κ1) is 15.9. The van der Waals surface area contributed by atoms with Gasteiger partial charge in [0, 0.05) is 29.4 Å². The van der Waals surface area contributed by atoms with Crippen molar-refractivity contribution in [3.63, 3.8) is 0 Å². The summed E-state index contributed by atoms with van der Waals surface area (Å²) in [7, 11) is 0. The standard InChI is InChI=1S/C19H21N3O3/c1-12-3-4-15-14(10-25-17(15)7-12)8-18(23)22-5-6-24-11-16(22)19-20-9-13(2)21-19/h3-4,7,9-10,16H,5-6,8,11H2,1-2H3,(H,20,21)/t16-/m1/s1. The highest BCUT2D eigenvalue weighted by Crippen LogP contribution is 2.26. The molecule has 6 nitrogen and oxygen atoms in total. The third kappa shape index (κ3) is 3.05. The zero-order chi connectivity index (χ0) is 17.4. The summed E-state index contributed by atoms with van der Waals surface area (Å²) < 4.78 is 11.2. The van der Waals surface area contributed by atoms with E-state index in [1.807, 2.05) is 36.9 Å². The van der Waals surface area contributed by atoms with Crippen LogP contribution in [0.5, 0.6) is 0 Å². The number of aryl methyl sites for hydroxylation is 2. The maximum Gasteiger partial charge on any atom is 0.227 e. The van der Waals surface area contributed by atoms with Crippen molar-refractivity contribution in [2.45, 2.75) is 26.3 Å². The lowest BCUT2D eigenvalue weighted by Crippen LogP contribution is -2.44. The summed E-state index contributed by atoms with van der Waals surface area (Å²) in [4.78, 5) is 22.4. The van der Waals surface area contributed by atoms with Gasteiger partial charge < -0.3 is 19.0 Å². The van der Waals surface area contributed by atoms with Gasteiger partial charge in [0.1, 0.15) is 17.4 Å². The Kier molecular flexibility index (Phi) is 4.05. The number of hydrogen-bond donors (Lipinski definition) is 1. The normalized spacial score (nSPS) is 18.0. The number of morpholine rings is 1. The molecule has 0 radical (unpaired) electrons. The highest BCUT2D eigenvalue weighted by atomic mass is 16.5. The zero-order valence-corrected chi connectivity index (χ0v) is 14.4. The van der Waals surface area contributed by atoms with Crippen molar-refractivity contribution < 1.29 is 13.9 Å². The number of ether oxygens (including phenoxy) is 1. The molecule has 0 unspecified atom stereocenters. The van der Waals surface area contributed by atoms with Crippen molar-refractivity contribution in [3.05, 3.63) is 53.3 Å². The van der Waals surface area contributed by atoms with Crippen molar-refractivity contribution >= 4 is 16.9 Å². The minimum atomic E-state index is -0.171. The summed E-state index contributed by atoms with van der Waals surface area (Å²) in [5.74, 6) is 0.837. The molecule has 0 aliphatic carbocycles. The monoisotopic (exact) mass is 339 g/mol. The minimum absolute atomic E-state index is 0.0608. The number of hydrogen-bond acceptors (Lipinski definition) is 4. The van der Waals surface area contributed by atoms with Gasteiger partial charge >= 0.3 is 0 Å². The Hall–Kier alpha value is -2.60. The number of fused-ring (bicyclic) bond motifs is 1. The molecule has 1 amide bonds. The fraction of sp³-hybridized carbons (Fsp3) is 0.368. The Bertz CT molecular complexity index is 912. The molecule has 0 saturated carbocycles. The van der Waals surface area contributed by atoms with Gasteiger partial charge in [0.15, 0.2) is 0 Å². The topological polar surface area (TPSA) is 71.4 Å². The van der Waals surface area contributed by atoms with Gasteiger partial charge in [0.05, 0.1) is 25.9 Å². The number of aromatic amines is 1. The number of aromatic nitrogens is 2. The number of nitrogens with one attached hydrogen (secondary N) is 1. The Morgan fingerprint density at radius 3 is 3.08 bits per heavy atom. The van der Waals surface area contributed by atoms with E-state index in [-0.39, 0.29) is 11.9 Å². The van der Waals surface area contributed by atoms with Gasteiger partial charge in [-0.3, -0.25) is 4.79 Å². The third-order valence-electron chi connectivity index (χ3n) is 4.64. The van der Waals surface area contributed by atoms with Crippen molar-refractivity contribution in [1.29, 1.82) is 0 Å². The Labute approximate surface area is 145 Å². The number of imidazole rings is 1. The van der Waals surface area contributed by atoms with Crippen LogP contribution in [0.4, 0.5) is 0 Å². The Morgan fingerprint density at radius 1 is 1.40 bits per heavy atom. The summed E-state index contributed by atoms with van der Waals surface area (Å²) in [6.45, 7) is 5.55. The van der Waals surface area contributed by atoms with E-state index >= 15 is 0 Å². The van der Waals surface area contributed by atoms with Gasteiger partial charge in [-0.05, 0) is 25.5 Å². The molecule has 1 aromatic carbocycles. The molecular weight excluding hydrogens is 318 g/mol. The largest absolute Gasteiger partial charge is 0.464 e. The van der Waals surface area contributed by atoms with Gasteiger partial charge in [0.2, 0.25) is 5.91 Å². The average molecular weight is 339 g/mol. The number of amides is 1. The van der Waals surface area contributed by atoms with Crippen LogP contribution in [0, 0.1) is 13.8 Å². The highest BCUT2D eigenvalue weighted by molar-refractivity contribution is 5.88. The molecule has 0 spiro atoms. The van der Waals surface area contributed by atoms with Crippen molar-refractivity contribution in [2.75, 3.05) is 19.8 Å². The highest BCUT2D eigenvalue weighted by Gasteiger charge is 2.30. The Morgan fingerprint density at radius 2 is 2.28 bits per heavy atom. The lowest BCUT2D eigenvalue weighted by atomic mass is 10.1. The lowest BCUT2D eigenvalue weighted by molar-refractivity contribution is -0.139. The van der Waals surface area contributed by atoms with E-state index in [0.29, 0.717) is 26.2 Å². The number of furan rings is 1. The smallest absolute Gasteiger partial charge is 0.227 e. The predicted molar refractivity (Wildman–Crippen MR) is 93.3 cm³/mol. The van der Waals surface area contributed by atoms with E-state index in [4.69, 9.17) is 9.15 Å². The van der Waals surface area contributed by atoms with Crippen LogP contribution >= 0.6 is 0 Å². The second-order valence-corrected chi connectivity index (χ2v) is 6.57. The third-order valence-corrected chi connectivity index (χ3v) is 4.64. The van der Waals surface area contributed by atoms with Crippen molar-refractivity contribution in [1.82, 2.24) is 14.9 Å². The van der Waals surface area contributed by atoms with Crippen LogP contribution in [0.25, 0.3) is 11.0 Å². The molecule has 25 heavy (non-hydrogen) atoms. The second kappa shape index (κ2) is 6.37. The average Bonchev–Trinajstić information content (AvgIpc) is 3.21. The maximum atomic E-state index is 13.0. The summed E-state index contributed by atoms with van der Waals surface area (Å²) in [6, 6.07) is 5.88. The van der Waals surface area contributed by atoms with E-state index in [1.165, 1.54) is 0 Å². The molecule has 1 saturated heterocycles. The number of benzene rings is 1. The van der Waals surface area contributed by atoms with Gasteiger partial charge in [-0.1, -0.05) is 12.1 Å². The number of carbonyl (C=O) groups excluding carboxylic acids is 1. The Balaban J connectivity index is 1.57. The predicted octanol–water partition coefficient (Wildman–Crippen LogP) is 2.92. The fourth-order valence-corrected chi connectivity index (χ4v) is 3.32. The van der Waals surface area contributed by atoms with Crippen molar-refractivity contribution in [2.24, 2.45) is 0 Å². The van der Waals surface area contributed by atoms with E-state index in [0.717, 1.165) is 33.6 Å². The van der Waals surface area contributed by atoms with Gasteiger partial charge in [-0.25, -0.2) is 4.98 Å². The van der Waals surface area contributed by atoms with E-state index in [9.17, 15) is 4.79 Å². The van der Waals surface area contributed by atoms with Crippen LogP contribution in [0.2, 0.25) is 0 Å². The van der Waals surface area contributed by atoms with E-state index < -0.39 is 0 Å². The first-order valence-electron chi connectivity index (χ1n) is 8.47. The minimum Gasteiger partial charge on any atom is -0.464 e. The molecule has 130 valence electrons. The molecule has 1 atom stereocenters. The van der Waals surface area contributed by atoms with Gasteiger partial charge in [-0.2, -0.15) is 0 Å². The van der Waals surface area contributed by atoms with Gasteiger partial charge in [0.25, 0.3) is 0 Å². The molecule has 4 rings (SSSR count).